The van der Waals surface area contributed by atoms with Gasteiger partial charge in [-0.2, -0.15) is 5.26 Å². The summed E-state index contributed by atoms with van der Waals surface area (Å²) in [6, 6.07) is 2.62. The molecule has 2 aliphatic carbocycles. The van der Waals surface area contributed by atoms with Crippen molar-refractivity contribution in [3.8, 4) is 6.07 Å². The Hall–Kier alpha value is -1.57. The van der Waals surface area contributed by atoms with Crippen LogP contribution in [0.2, 0.25) is 0 Å². The van der Waals surface area contributed by atoms with Crippen molar-refractivity contribution >= 4 is 11.9 Å². The third kappa shape index (κ3) is 5.67. The molecular formula is C17H27NO4. The summed E-state index contributed by atoms with van der Waals surface area (Å²) in [5.74, 6) is -0.678. The highest BCUT2D eigenvalue weighted by atomic mass is 16.5. The first-order valence-electron chi connectivity index (χ1n) is 8.32. The molecule has 0 aromatic carbocycles. The summed E-state index contributed by atoms with van der Waals surface area (Å²) in [4.78, 5) is 20.4. The molecule has 0 saturated heterocycles. The number of rotatable bonds is 5. The minimum atomic E-state index is -0.979. The maximum Gasteiger partial charge on any atom is 0.306 e. The van der Waals surface area contributed by atoms with Crippen LogP contribution in [0.5, 0.6) is 0 Å². The lowest BCUT2D eigenvalue weighted by Crippen LogP contribution is -2.23. The molecule has 0 aliphatic heterocycles. The second kappa shape index (κ2) is 9.45. The molecule has 0 aromatic heterocycles. The Kier molecular flexibility index (Phi) is 7.94. The van der Waals surface area contributed by atoms with Gasteiger partial charge >= 0.3 is 11.9 Å². The van der Waals surface area contributed by atoms with Gasteiger partial charge in [0.1, 0.15) is 0 Å². The summed E-state index contributed by atoms with van der Waals surface area (Å²) >= 11 is 0. The van der Waals surface area contributed by atoms with E-state index in [0.29, 0.717) is 6.61 Å². The molecule has 2 fully saturated rings. The highest BCUT2D eigenvalue weighted by Crippen LogP contribution is 2.49. The molecule has 2 saturated carbocycles. The number of esters is 1. The topological polar surface area (TPSA) is 87.4 Å². The van der Waals surface area contributed by atoms with Crippen molar-refractivity contribution in [2.24, 2.45) is 11.3 Å². The van der Waals surface area contributed by atoms with E-state index in [1.165, 1.54) is 51.4 Å². The van der Waals surface area contributed by atoms with Crippen LogP contribution >= 0.6 is 0 Å². The monoisotopic (exact) mass is 309 g/mol. The molecule has 0 heterocycles. The van der Waals surface area contributed by atoms with Crippen molar-refractivity contribution in [3.63, 3.8) is 0 Å². The van der Waals surface area contributed by atoms with Crippen molar-refractivity contribution in [2.45, 2.75) is 71.1 Å². The van der Waals surface area contributed by atoms with Crippen molar-refractivity contribution < 1.29 is 19.4 Å². The van der Waals surface area contributed by atoms with Crippen LogP contribution in [0.25, 0.3) is 0 Å². The van der Waals surface area contributed by atoms with Crippen molar-refractivity contribution in [3.05, 3.63) is 0 Å². The quantitative estimate of drug-likeness (QED) is 0.783. The van der Waals surface area contributed by atoms with Gasteiger partial charge in [-0.15, -0.1) is 0 Å². The number of carbonyl (C=O) groups excluding carboxylic acids is 1. The lowest BCUT2D eigenvalue weighted by Gasteiger charge is -2.27. The maximum absolute atomic E-state index is 10.5. The molecule has 1 N–H and O–H groups in total. The van der Waals surface area contributed by atoms with E-state index < -0.39 is 11.9 Å². The second-order valence-electron chi connectivity index (χ2n) is 6.16. The van der Waals surface area contributed by atoms with Gasteiger partial charge in [-0.3, -0.25) is 9.59 Å². The highest BCUT2D eigenvalue weighted by molar-refractivity contribution is 5.76. The Labute approximate surface area is 132 Å². The van der Waals surface area contributed by atoms with Crippen LogP contribution in [-0.4, -0.2) is 23.7 Å². The fourth-order valence-corrected chi connectivity index (χ4v) is 3.54. The summed E-state index contributed by atoms with van der Waals surface area (Å²) in [6.07, 6.45) is 10.2. The summed E-state index contributed by atoms with van der Waals surface area (Å²) in [7, 11) is 0. The molecule has 0 radical (unpaired) electrons. The zero-order chi connectivity index (χ0) is 16.4. The van der Waals surface area contributed by atoms with Gasteiger partial charge in [-0.05, 0) is 38.5 Å². The number of nitrogens with zero attached hydrogens (tertiary/aromatic N) is 1. The van der Waals surface area contributed by atoms with Gasteiger partial charge in [0.15, 0.2) is 0 Å². The van der Waals surface area contributed by atoms with Crippen LogP contribution in [-0.2, 0) is 14.3 Å². The fourth-order valence-electron chi connectivity index (χ4n) is 3.54. The Morgan fingerprint density at radius 2 is 1.77 bits per heavy atom. The lowest BCUT2D eigenvalue weighted by molar-refractivity contribution is -0.147. The molecule has 5 nitrogen and oxygen atoms in total. The standard InChI is InChI=1S/C11H17N.C6H10O4/c12-9-11(7-3-4-8-11)10-5-1-2-6-10;1-2-10-6(9)4-3-5(7)8/h10H,1-8H2;2-4H2,1H3,(H,7,8). The number of ether oxygens (including phenoxy) is 1. The summed E-state index contributed by atoms with van der Waals surface area (Å²) < 4.78 is 4.49. The van der Waals surface area contributed by atoms with Crippen molar-refractivity contribution in [1.29, 1.82) is 5.26 Å². The van der Waals surface area contributed by atoms with Gasteiger partial charge in [-0.1, -0.05) is 25.7 Å². The van der Waals surface area contributed by atoms with Gasteiger partial charge in [0, 0.05) is 0 Å². The predicted octanol–water partition coefficient (Wildman–Crippen LogP) is 3.67. The van der Waals surface area contributed by atoms with Crippen molar-refractivity contribution in [2.75, 3.05) is 6.61 Å². The molecule has 0 spiro atoms. The molecule has 0 aromatic rings. The molecular weight excluding hydrogens is 282 g/mol. The summed E-state index contributed by atoms with van der Waals surface area (Å²) in [5, 5.41) is 17.3. The average Bonchev–Trinajstić information content (AvgIpc) is 3.17. The van der Waals surface area contributed by atoms with Crippen LogP contribution in [0.1, 0.15) is 71.1 Å². The molecule has 5 heteroatoms. The smallest absolute Gasteiger partial charge is 0.306 e. The predicted molar refractivity (Wildman–Crippen MR) is 82.0 cm³/mol. The minimum absolute atomic E-state index is 0.0385. The molecule has 0 unspecified atom stereocenters. The largest absolute Gasteiger partial charge is 0.481 e. The maximum atomic E-state index is 10.5. The van der Waals surface area contributed by atoms with Crippen LogP contribution < -0.4 is 0 Å². The number of carboxylic acid groups (broad SMARTS) is 1. The molecule has 22 heavy (non-hydrogen) atoms. The number of carboxylic acids is 1. The van der Waals surface area contributed by atoms with Gasteiger partial charge in [-0.25, -0.2) is 0 Å². The SMILES string of the molecule is CCOC(=O)CCC(=O)O.N#CC1(C2CCCC2)CCCC1. The number of carbonyl (C=O) groups is 2. The fraction of sp³-hybridized carbons (Fsp3) is 0.824. The van der Waals surface area contributed by atoms with E-state index in [1.54, 1.807) is 6.92 Å². The first-order chi connectivity index (χ1) is 10.5. The second-order valence-corrected chi connectivity index (χ2v) is 6.16. The summed E-state index contributed by atoms with van der Waals surface area (Å²) in [5.41, 5.74) is 0.122. The number of hydrogen-bond donors (Lipinski definition) is 1. The molecule has 0 atom stereocenters. The lowest BCUT2D eigenvalue weighted by atomic mass is 9.74. The van der Waals surface area contributed by atoms with E-state index in [1.807, 2.05) is 0 Å². The average molecular weight is 309 g/mol. The minimum Gasteiger partial charge on any atom is -0.481 e. The molecule has 2 aliphatic rings. The summed E-state index contributed by atoms with van der Waals surface area (Å²) in [6.45, 7) is 1.98. The van der Waals surface area contributed by atoms with E-state index >= 15 is 0 Å². The number of hydrogen-bond acceptors (Lipinski definition) is 4. The molecule has 0 bridgehead atoms. The van der Waals surface area contributed by atoms with Gasteiger partial charge in [0.2, 0.25) is 0 Å². The normalized spacial score (nSPS) is 19.8. The van der Waals surface area contributed by atoms with E-state index in [9.17, 15) is 14.9 Å². The number of nitriles is 1. The number of aliphatic carboxylic acids is 1. The first-order valence-corrected chi connectivity index (χ1v) is 8.32. The van der Waals surface area contributed by atoms with Crippen LogP contribution in [0.3, 0.4) is 0 Å². The highest BCUT2D eigenvalue weighted by Gasteiger charge is 2.42. The van der Waals surface area contributed by atoms with Crippen LogP contribution in [0, 0.1) is 22.7 Å². The van der Waals surface area contributed by atoms with Gasteiger partial charge < -0.3 is 9.84 Å². The zero-order valence-corrected chi connectivity index (χ0v) is 13.5. The Balaban J connectivity index is 0.000000225. The van der Waals surface area contributed by atoms with Gasteiger partial charge in [0.25, 0.3) is 0 Å². The molecule has 124 valence electrons. The van der Waals surface area contributed by atoms with Crippen LogP contribution in [0.4, 0.5) is 0 Å². The van der Waals surface area contributed by atoms with Crippen LogP contribution in [0.15, 0.2) is 0 Å². The Morgan fingerprint density at radius 3 is 2.23 bits per heavy atom. The third-order valence-corrected chi connectivity index (χ3v) is 4.70. The Morgan fingerprint density at radius 1 is 1.18 bits per heavy atom. The van der Waals surface area contributed by atoms with E-state index in [0.717, 1.165) is 5.92 Å². The third-order valence-electron chi connectivity index (χ3n) is 4.70. The van der Waals surface area contributed by atoms with Crippen molar-refractivity contribution in [1.82, 2.24) is 0 Å². The van der Waals surface area contributed by atoms with E-state index in [4.69, 9.17) is 5.11 Å². The molecule has 0 amide bonds. The zero-order valence-electron chi connectivity index (χ0n) is 13.5. The van der Waals surface area contributed by atoms with E-state index in [2.05, 4.69) is 10.8 Å². The molecule has 2 rings (SSSR count). The van der Waals surface area contributed by atoms with Gasteiger partial charge in [0.05, 0.1) is 30.9 Å². The Bertz CT molecular complexity index is 401. The van der Waals surface area contributed by atoms with E-state index in [-0.39, 0.29) is 18.3 Å². The first kappa shape index (κ1) is 18.5.